The van der Waals surface area contributed by atoms with Crippen molar-refractivity contribution < 1.29 is 4.79 Å². The quantitative estimate of drug-likeness (QED) is 0.779. The summed E-state index contributed by atoms with van der Waals surface area (Å²) in [5.41, 5.74) is 0. The van der Waals surface area contributed by atoms with Crippen LogP contribution >= 0.6 is 24.2 Å². The molecule has 14 heavy (non-hydrogen) atoms. The minimum atomic E-state index is 0. The zero-order valence-corrected chi connectivity index (χ0v) is 10.4. The van der Waals surface area contributed by atoms with Gasteiger partial charge in [-0.05, 0) is 26.1 Å². The molecule has 0 aromatic carbocycles. The van der Waals surface area contributed by atoms with Crippen LogP contribution in [0.2, 0.25) is 0 Å². The van der Waals surface area contributed by atoms with Gasteiger partial charge >= 0.3 is 0 Å². The highest BCUT2D eigenvalue weighted by Gasteiger charge is 2.19. The minimum Gasteiger partial charge on any atom is -0.340 e. The number of carbonyl (C=O) groups is 1. The number of hydrogen-bond acceptors (Lipinski definition) is 3. The van der Waals surface area contributed by atoms with Gasteiger partial charge in [-0.3, -0.25) is 4.79 Å². The molecule has 1 saturated heterocycles. The van der Waals surface area contributed by atoms with E-state index in [1.54, 1.807) is 11.8 Å². The van der Waals surface area contributed by atoms with E-state index in [1.807, 2.05) is 18.1 Å². The van der Waals surface area contributed by atoms with Crippen molar-refractivity contribution in [2.75, 3.05) is 32.4 Å². The molecule has 1 unspecified atom stereocenters. The molecule has 0 bridgehead atoms. The minimum absolute atomic E-state index is 0. The number of hydrogen-bond donors (Lipinski definition) is 1. The van der Waals surface area contributed by atoms with Gasteiger partial charge in [-0.2, -0.15) is 11.8 Å². The first-order valence-corrected chi connectivity index (χ1v) is 6.07. The number of amides is 1. The number of nitrogens with zero attached hydrogens (tertiary/aromatic N) is 1. The monoisotopic (exact) mass is 238 g/mol. The van der Waals surface area contributed by atoms with Crippen molar-refractivity contribution in [3.63, 3.8) is 0 Å². The first-order chi connectivity index (χ1) is 6.25. The fraction of sp³-hybridized carbons (Fsp3) is 0.889. The van der Waals surface area contributed by atoms with Crippen LogP contribution in [0.3, 0.4) is 0 Å². The van der Waals surface area contributed by atoms with Crippen molar-refractivity contribution in [2.45, 2.75) is 18.6 Å². The van der Waals surface area contributed by atoms with E-state index >= 15 is 0 Å². The second kappa shape index (κ2) is 7.37. The molecular formula is C9H19ClN2OS. The Hall–Kier alpha value is 0.0700. The van der Waals surface area contributed by atoms with Crippen LogP contribution < -0.4 is 5.32 Å². The van der Waals surface area contributed by atoms with Gasteiger partial charge in [0, 0.05) is 19.6 Å². The van der Waals surface area contributed by atoms with Crippen LogP contribution in [0, 0.1) is 0 Å². The summed E-state index contributed by atoms with van der Waals surface area (Å²) < 4.78 is 0. The molecule has 1 fully saturated rings. The fourth-order valence-electron chi connectivity index (χ4n) is 1.42. The Balaban J connectivity index is 0.00000169. The Kier molecular flexibility index (Phi) is 7.41. The molecule has 1 aliphatic rings. The molecule has 0 radical (unpaired) electrons. The van der Waals surface area contributed by atoms with E-state index in [0.29, 0.717) is 0 Å². The highest BCUT2D eigenvalue weighted by atomic mass is 35.5. The molecule has 1 amide bonds. The molecule has 3 nitrogen and oxygen atoms in total. The van der Waals surface area contributed by atoms with Crippen LogP contribution in [0.25, 0.3) is 0 Å². The van der Waals surface area contributed by atoms with Crippen LogP contribution in [0.15, 0.2) is 0 Å². The first-order valence-electron chi connectivity index (χ1n) is 4.78. The lowest BCUT2D eigenvalue weighted by atomic mass is 10.3. The fourth-order valence-corrected chi connectivity index (χ4v) is 1.77. The van der Waals surface area contributed by atoms with Crippen molar-refractivity contribution in [3.05, 3.63) is 0 Å². The van der Waals surface area contributed by atoms with E-state index in [0.717, 1.165) is 32.6 Å². The highest BCUT2D eigenvalue weighted by molar-refractivity contribution is 7.99. The van der Waals surface area contributed by atoms with Crippen molar-refractivity contribution in [1.29, 1.82) is 0 Å². The predicted octanol–water partition coefficient (Wildman–Crippen LogP) is 0.982. The largest absolute Gasteiger partial charge is 0.340 e. The van der Waals surface area contributed by atoms with Crippen LogP contribution in [0.5, 0.6) is 0 Å². The van der Waals surface area contributed by atoms with Gasteiger partial charge in [-0.25, -0.2) is 0 Å². The first kappa shape index (κ1) is 14.1. The van der Waals surface area contributed by atoms with Crippen LogP contribution in [-0.2, 0) is 4.79 Å². The summed E-state index contributed by atoms with van der Waals surface area (Å²) in [5, 5.41) is 3.40. The predicted molar refractivity (Wildman–Crippen MR) is 64.3 cm³/mol. The topological polar surface area (TPSA) is 32.3 Å². The molecule has 0 aliphatic carbocycles. The van der Waals surface area contributed by atoms with Gasteiger partial charge in [0.1, 0.15) is 0 Å². The molecule has 1 aliphatic heterocycles. The number of rotatable bonds is 2. The van der Waals surface area contributed by atoms with Gasteiger partial charge in [-0.1, -0.05) is 0 Å². The second-order valence-corrected chi connectivity index (χ2v) is 4.49. The molecule has 1 atom stereocenters. The maximum absolute atomic E-state index is 11.8. The van der Waals surface area contributed by atoms with Gasteiger partial charge in [0.2, 0.25) is 5.91 Å². The number of carbonyl (C=O) groups excluding carboxylic acids is 1. The highest BCUT2D eigenvalue weighted by Crippen LogP contribution is 2.10. The van der Waals surface area contributed by atoms with Gasteiger partial charge in [0.15, 0.2) is 0 Å². The lowest BCUT2D eigenvalue weighted by Gasteiger charge is -2.22. The van der Waals surface area contributed by atoms with Gasteiger partial charge in [0.05, 0.1) is 5.25 Å². The molecule has 5 heteroatoms. The summed E-state index contributed by atoms with van der Waals surface area (Å²) in [6.45, 7) is 5.73. The molecule has 1 rings (SSSR count). The van der Waals surface area contributed by atoms with Crippen LogP contribution in [-0.4, -0.2) is 48.5 Å². The van der Waals surface area contributed by atoms with Gasteiger partial charge in [0.25, 0.3) is 0 Å². The summed E-state index contributed by atoms with van der Waals surface area (Å²) in [7, 11) is 0. The second-order valence-electron chi connectivity index (χ2n) is 3.31. The number of halogens is 1. The van der Waals surface area contributed by atoms with Gasteiger partial charge in [-0.15, -0.1) is 12.4 Å². The third-order valence-electron chi connectivity index (χ3n) is 2.35. The van der Waals surface area contributed by atoms with Crippen molar-refractivity contribution in [2.24, 2.45) is 0 Å². The summed E-state index contributed by atoms with van der Waals surface area (Å²) in [5.74, 6) is 0.288. The van der Waals surface area contributed by atoms with E-state index in [9.17, 15) is 4.79 Å². The zero-order valence-electron chi connectivity index (χ0n) is 8.78. The molecule has 0 aromatic heterocycles. The third kappa shape index (κ3) is 4.07. The molecule has 0 saturated carbocycles. The summed E-state index contributed by atoms with van der Waals surface area (Å²) >= 11 is 1.62. The Bertz CT molecular complexity index is 172. The summed E-state index contributed by atoms with van der Waals surface area (Å²) in [6.07, 6.45) is 3.06. The third-order valence-corrected chi connectivity index (χ3v) is 3.26. The molecule has 1 N–H and O–H groups in total. The molecular weight excluding hydrogens is 220 g/mol. The lowest BCUT2D eigenvalue weighted by Crippen LogP contribution is -2.38. The van der Waals surface area contributed by atoms with Crippen molar-refractivity contribution in [3.8, 4) is 0 Å². The number of thioether (sulfide) groups is 1. The lowest BCUT2D eigenvalue weighted by molar-refractivity contribution is -0.130. The van der Waals surface area contributed by atoms with Crippen molar-refractivity contribution >= 4 is 30.1 Å². The van der Waals surface area contributed by atoms with Crippen LogP contribution in [0.1, 0.15) is 13.3 Å². The standard InChI is InChI=1S/C9H18N2OS.ClH/c1-8(13-2)9(12)11-6-3-4-10-5-7-11;/h8,10H,3-7H2,1-2H3;1H. The van der Waals surface area contributed by atoms with E-state index < -0.39 is 0 Å². The number of nitrogens with one attached hydrogen (secondary N) is 1. The zero-order chi connectivity index (χ0) is 9.68. The van der Waals surface area contributed by atoms with Crippen LogP contribution in [0.4, 0.5) is 0 Å². The molecule has 1 heterocycles. The van der Waals surface area contributed by atoms with E-state index in [2.05, 4.69) is 5.32 Å². The molecule has 0 aromatic rings. The van der Waals surface area contributed by atoms with Gasteiger partial charge < -0.3 is 10.2 Å². The molecule has 0 spiro atoms. The maximum atomic E-state index is 11.8. The summed E-state index contributed by atoms with van der Waals surface area (Å²) in [6, 6.07) is 0. The van der Waals surface area contributed by atoms with E-state index in [1.165, 1.54) is 0 Å². The SMILES string of the molecule is CSC(C)C(=O)N1CCCNCC1.Cl. The van der Waals surface area contributed by atoms with E-state index in [-0.39, 0.29) is 23.6 Å². The average molecular weight is 239 g/mol. The Morgan fingerprint density at radius 1 is 1.43 bits per heavy atom. The average Bonchev–Trinajstić information content (AvgIpc) is 2.43. The van der Waals surface area contributed by atoms with E-state index in [4.69, 9.17) is 0 Å². The Labute approximate surface area is 96.4 Å². The maximum Gasteiger partial charge on any atom is 0.235 e. The Morgan fingerprint density at radius 2 is 2.14 bits per heavy atom. The van der Waals surface area contributed by atoms with Crippen molar-refractivity contribution in [1.82, 2.24) is 10.2 Å². The summed E-state index contributed by atoms with van der Waals surface area (Å²) in [4.78, 5) is 13.7. The Morgan fingerprint density at radius 3 is 2.79 bits per heavy atom. The molecule has 84 valence electrons. The normalized spacial score (nSPS) is 19.4. The smallest absolute Gasteiger partial charge is 0.235 e.